The van der Waals surface area contributed by atoms with Crippen LogP contribution in [0, 0.1) is 0 Å². The van der Waals surface area contributed by atoms with E-state index in [0.29, 0.717) is 6.04 Å². The second-order valence-corrected chi connectivity index (χ2v) is 5.49. The van der Waals surface area contributed by atoms with Gasteiger partial charge in [0.15, 0.2) is 0 Å². The van der Waals surface area contributed by atoms with Crippen LogP contribution in [-0.2, 0) is 13.1 Å². The highest BCUT2D eigenvalue weighted by atomic mass is 15.2. The Labute approximate surface area is 120 Å². The second kappa shape index (κ2) is 6.68. The van der Waals surface area contributed by atoms with Crippen LogP contribution < -0.4 is 5.32 Å². The molecule has 0 atom stereocenters. The fraction of sp³-hybridized carbons (Fsp3) is 0.438. The maximum Gasteiger partial charge on any atom is 0.0922 e. The third kappa shape index (κ3) is 3.68. The van der Waals surface area contributed by atoms with Crippen molar-refractivity contribution in [2.24, 2.45) is 0 Å². The molecule has 1 aromatic heterocycles. The molecule has 0 bridgehead atoms. The number of likely N-dealkylation sites (tertiary alicyclic amines) is 1. The zero-order valence-corrected chi connectivity index (χ0v) is 11.8. The standard InChI is InChI=1S/C16H22N4/c1-2-4-14(5-3-1)10-18-15-6-8-20(9-7-15)12-16-11-17-13-19-16/h1-5,11,13,15,18H,6-10,12H2,(H,17,19). The van der Waals surface area contributed by atoms with Crippen molar-refractivity contribution in [3.63, 3.8) is 0 Å². The average Bonchev–Trinajstić information content (AvgIpc) is 3.01. The predicted octanol–water partition coefficient (Wildman–Crippen LogP) is 2.16. The van der Waals surface area contributed by atoms with E-state index in [1.165, 1.54) is 24.1 Å². The molecule has 3 rings (SSSR count). The van der Waals surface area contributed by atoms with Gasteiger partial charge in [-0.1, -0.05) is 30.3 Å². The summed E-state index contributed by atoms with van der Waals surface area (Å²) in [5, 5.41) is 3.67. The Morgan fingerprint density at radius 2 is 2.00 bits per heavy atom. The number of nitrogens with one attached hydrogen (secondary N) is 2. The summed E-state index contributed by atoms with van der Waals surface area (Å²) >= 11 is 0. The van der Waals surface area contributed by atoms with Crippen molar-refractivity contribution in [1.82, 2.24) is 20.2 Å². The van der Waals surface area contributed by atoms with E-state index >= 15 is 0 Å². The Hall–Kier alpha value is -1.65. The van der Waals surface area contributed by atoms with Gasteiger partial charge in [-0.25, -0.2) is 4.98 Å². The average molecular weight is 270 g/mol. The normalized spacial score (nSPS) is 17.4. The van der Waals surface area contributed by atoms with E-state index in [1.807, 2.05) is 6.20 Å². The summed E-state index contributed by atoms with van der Waals surface area (Å²) in [5.74, 6) is 0. The Kier molecular flexibility index (Phi) is 4.46. The maximum absolute atomic E-state index is 4.07. The van der Waals surface area contributed by atoms with Crippen molar-refractivity contribution >= 4 is 0 Å². The Bertz CT molecular complexity index is 486. The Morgan fingerprint density at radius 3 is 2.70 bits per heavy atom. The highest BCUT2D eigenvalue weighted by Gasteiger charge is 2.18. The molecule has 106 valence electrons. The van der Waals surface area contributed by atoms with Gasteiger partial charge in [0.05, 0.1) is 6.33 Å². The van der Waals surface area contributed by atoms with E-state index in [4.69, 9.17) is 0 Å². The molecule has 0 spiro atoms. The van der Waals surface area contributed by atoms with E-state index in [9.17, 15) is 0 Å². The Balaban J connectivity index is 1.40. The lowest BCUT2D eigenvalue weighted by Crippen LogP contribution is -2.41. The van der Waals surface area contributed by atoms with Gasteiger partial charge in [0.25, 0.3) is 0 Å². The minimum Gasteiger partial charge on any atom is -0.347 e. The van der Waals surface area contributed by atoms with E-state index in [-0.39, 0.29) is 0 Å². The molecule has 0 unspecified atom stereocenters. The largest absolute Gasteiger partial charge is 0.347 e. The number of benzene rings is 1. The SMILES string of the molecule is c1ccc(CNC2CCN(Cc3cnc[nH]3)CC2)cc1. The molecular formula is C16H22N4. The smallest absolute Gasteiger partial charge is 0.0922 e. The van der Waals surface area contributed by atoms with Crippen molar-refractivity contribution in [2.45, 2.75) is 32.0 Å². The van der Waals surface area contributed by atoms with Crippen LogP contribution in [0.4, 0.5) is 0 Å². The highest BCUT2D eigenvalue weighted by molar-refractivity contribution is 5.14. The van der Waals surface area contributed by atoms with Crippen LogP contribution in [0.1, 0.15) is 24.1 Å². The third-order valence-electron chi connectivity index (χ3n) is 3.97. The zero-order valence-electron chi connectivity index (χ0n) is 11.8. The van der Waals surface area contributed by atoms with Crippen LogP contribution in [0.15, 0.2) is 42.9 Å². The predicted molar refractivity (Wildman–Crippen MR) is 80.2 cm³/mol. The summed E-state index contributed by atoms with van der Waals surface area (Å²) in [5.41, 5.74) is 2.58. The summed E-state index contributed by atoms with van der Waals surface area (Å²) in [6.45, 7) is 4.29. The number of rotatable bonds is 5. The molecule has 2 N–H and O–H groups in total. The van der Waals surface area contributed by atoms with Crippen LogP contribution in [0.25, 0.3) is 0 Å². The quantitative estimate of drug-likeness (QED) is 0.875. The zero-order chi connectivity index (χ0) is 13.6. The molecule has 20 heavy (non-hydrogen) atoms. The van der Waals surface area contributed by atoms with Gasteiger partial charge in [-0.3, -0.25) is 4.90 Å². The lowest BCUT2D eigenvalue weighted by molar-refractivity contribution is 0.188. The number of imidazole rings is 1. The first kappa shape index (κ1) is 13.3. The molecule has 0 saturated carbocycles. The maximum atomic E-state index is 4.07. The van der Waals surface area contributed by atoms with Gasteiger partial charge in [0, 0.05) is 44.1 Å². The molecule has 0 aliphatic carbocycles. The summed E-state index contributed by atoms with van der Waals surface area (Å²) in [7, 11) is 0. The van der Waals surface area contributed by atoms with Crippen LogP contribution in [0.3, 0.4) is 0 Å². The van der Waals surface area contributed by atoms with Crippen LogP contribution in [-0.4, -0.2) is 34.0 Å². The van der Waals surface area contributed by atoms with Crippen molar-refractivity contribution in [2.75, 3.05) is 13.1 Å². The highest BCUT2D eigenvalue weighted by Crippen LogP contribution is 2.13. The molecular weight excluding hydrogens is 248 g/mol. The molecule has 4 nitrogen and oxygen atoms in total. The Morgan fingerprint density at radius 1 is 1.20 bits per heavy atom. The number of hydrogen-bond donors (Lipinski definition) is 2. The van der Waals surface area contributed by atoms with Crippen LogP contribution >= 0.6 is 0 Å². The van der Waals surface area contributed by atoms with E-state index < -0.39 is 0 Å². The molecule has 1 aliphatic heterocycles. The van der Waals surface area contributed by atoms with Crippen LogP contribution in [0.5, 0.6) is 0 Å². The van der Waals surface area contributed by atoms with E-state index in [0.717, 1.165) is 26.2 Å². The second-order valence-electron chi connectivity index (χ2n) is 5.49. The molecule has 0 radical (unpaired) electrons. The van der Waals surface area contributed by atoms with Crippen molar-refractivity contribution in [3.05, 3.63) is 54.1 Å². The van der Waals surface area contributed by atoms with Gasteiger partial charge in [-0.2, -0.15) is 0 Å². The molecule has 2 aromatic rings. The first-order chi connectivity index (χ1) is 9.90. The summed E-state index contributed by atoms with van der Waals surface area (Å²) in [6.07, 6.45) is 6.12. The lowest BCUT2D eigenvalue weighted by atomic mass is 10.0. The molecule has 1 aromatic carbocycles. The van der Waals surface area contributed by atoms with E-state index in [2.05, 4.69) is 50.5 Å². The topological polar surface area (TPSA) is 44.0 Å². The van der Waals surface area contributed by atoms with Crippen LogP contribution in [0.2, 0.25) is 0 Å². The van der Waals surface area contributed by atoms with Gasteiger partial charge in [-0.05, 0) is 18.4 Å². The fourth-order valence-electron chi connectivity index (χ4n) is 2.77. The monoisotopic (exact) mass is 270 g/mol. The fourth-order valence-corrected chi connectivity index (χ4v) is 2.77. The molecule has 2 heterocycles. The summed E-state index contributed by atoms with van der Waals surface area (Å²) in [6, 6.07) is 11.3. The van der Waals surface area contributed by atoms with Gasteiger partial charge in [-0.15, -0.1) is 0 Å². The molecule has 1 aliphatic rings. The number of nitrogens with zero attached hydrogens (tertiary/aromatic N) is 2. The molecule has 0 amide bonds. The molecule has 1 saturated heterocycles. The molecule has 1 fully saturated rings. The lowest BCUT2D eigenvalue weighted by Gasteiger charge is -2.32. The van der Waals surface area contributed by atoms with Crippen molar-refractivity contribution in [3.8, 4) is 0 Å². The minimum atomic E-state index is 0.647. The third-order valence-corrected chi connectivity index (χ3v) is 3.97. The first-order valence-electron chi connectivity index (χ1n) is 7.37. The number of aromatic nitrogens is 2. The number of aromatic amines is 1. The van der Waals surface area contributed by atoms with Gasteiger partial charge < -0.3 is 10.3 Å². The first-order valence-corrected chi connectivity index (χ1v) is 7.37. The van der Waals surface area contributed by atoms with Gasteiger partial charge in [0.1, 0.15) is 0 Å². The minimum absolute atomic E-state index is 0.647. The number of H-pyrrole nitrogens is 1. The summed E-state index contributed by atoms with van der Waals surface area (Å²) < 4.78 is 0. The van der Waals surface area contributed by atoms with Gasteiger partial charge in [0.2, 0.25) is 0 Å². The number of piperidine rings is 1. The molecule has 4 heteroatoms. The van der Waals surface area contributed by atoms with Crippen molar-refractivity contribution < 1.29 is 0 Å². The van der Waals surface area contributed by atoms with E-state index in [1.54, 1.807) is 6.33 Å². The van der Waals surface area contributed by atoms with Crippen molar-refractivity contribution in [1.29, 1.82) is 0 Å². The van der Waals surface area contributed by atoms with Gasteiger partial charge >= 0.3 is 0 Å². The number of hydrogen-bond acceptors (Lipinski definition) is 3. The summed E-state index contributed by atoms with van der Waals surface area (Å²) in [4.78, 5) is 9.74.